The molecular formula is C12H14Br2N2O3S. The van der Waals surface area contributed by atoms with Gasteiger partial charge in [-0.2, -0.15) is 4.31 Å². The lowest BCUT2D eigenvalue weighted by atomic mass is 10.0. The van der Waals surface area contributed by atoms with Crippen molar-refractivity contribution in [3.05, 3.63) is 27.1 Å². The summed E-state index contributed by atoms with van der Waals surface area (Å²) in [5.41, 5.74) is 5.33. The summed E-state index contributed by atoms with van der Waals surface area (Å²) in [6.07, 6.45) is 2.01. The van der Waals surface area contributed by atoms with Gasteiger partial charge in [-0.05, 0) is 47.0 Å². The lowest BCUT2D eigenvalue weighted by Gasteiger charge is -2.32. The monoisotopic (exact) mass is 424 g/mol. The topological polar surface area (TPSA) is 80.5 Å². The van der Waals surface area contributed by atoms with Crippen molar-refractivity contribution in [2.75, 3.05) is 6.54 Å². The molecule has 1 fully saturated rings. The highest BCUT2D eigenvalue weighted by Crippen LogP contribution is 2.31. The molecule has 1 aliphatic rings. The minimum Gasteiger partial charge on any atom is -0.368 e. The highest BCUT2D eigenvalue weighted by Gasteiger charge is 2.37. The van der Waals surface area contributed by atoms with Crippen LogP contribution in [0.5, 0.6) is 0 Å². The fraction of sp³-hybridized carbons (Fsp3) is 0.417. The number of benzene rings is 1. The van der Waals surface area contributed by atoms with E-state index in [4.69, 9.17) is 5.73 Å². The van der Waals surface area contributed by atoms with Crippen LogP contribution < -0.4 is 5.73 Å². The summed E-state index contributed by atoms with van der Waals surface area (Å²) in [7, 11) is -3.74. The molecule has 2 rings (SSSR count). The predicted molar refractivity (Wildman–Crippen MR) is 82.6 cm³/mol. The number of sulfonamides is 1. The lowest BCUT2D eigenvalue weighted by molar-refractivity contribution is -0.122. The Hall–Kier alpha value is -0.440. The average molecular weight is 426 g/mol. The van der Waals surface area contributed by atoms with Gasteiger partial charge in [0.05, 0.1) is 4.90 Å². The van der Waals surface area contributed by atoms with Crippen molar-refractivity contribution in [3.8, 4) is 0 Å². The predicted octanol–water partition coefficient (Wildman–Crippen LogP) is 2.24. The first kappa shape index (κ1) is 15.9. The van der Waals surface area contributed by atoms with Crippen LogP contribution in [0, 0.1) is 0 Å². The molecule has 1 aromatic carbocycles. The van der Waals surface area contributed by atoms with Crippen LogP contribution in [0.2, 0.25) is 0 Å². The van der Waals surface area contributed by atoms with Crippen molar-refractivity contribution in [1.82, 2.24) is 4.31 Å². The summed E-state index contributed by atoms with van der Waals surface area (Å²) < 4.78 is 27.9. The Kier molecular flexibility index (Phi) is 4.88. The second-order valence-corrected chi connectivity index (χ2v) is 8.23. The smallest absolute Gasteiger partial charge is 0.244 e. The molecule has 0 bridgehead atoms. The number of amides is 1. The number of primary amides is 1. The Morgan fingerprint density at radius 2 is 2.00 bits per heavy atom. The van der Waals surface area contributed by atoms with Gasteiger partial charge in [0.1, 0.15) is 6.04 Å². The lowest BCUT2D eigenvalue weighted by Crippen LogP contribution is -2.50. The van der Waals surface area contributed by atoms with Gasteiger partial charge >= 0.3 is 0 Å². The molecular weight excluding hydrogens is 412 g/mol. The second-order valence-electron chi connectivity index (χ2n) is 4.60. The highest BCUT2D eigenvalue weighted by atomic mass is 79.9. The number of nitrogens with zero attached hydrogens (tertiary/aromatic N) is 1. The van der Waals surface area contributed by atoms with Crippen LogP contribution in [0.25, 0.3) is 0 Å². The normalized spacial score (nSPS) is 20.8. The number of carbonyl (C=O) groups excluding carboxylic acids is 1. The third-order valence-corrected chi connectivity index (χ3v) is 6.64. The Labute approximate surface area is 134 Å². The SMILES string of the molecule is NC(=O)C1CCCCN1S(=O)(=O)c1ccc(Br)cc1Br. The number of carbonyl (C=O) groups is 1. The number of rotatable bonds is 3. The molecule has 1 aromatic rings. The van der Waals surface area contributed by atoms with Gasteiger partial charge in [-0.3, -0.25) is 4.79 Å². The van der Waals surface area contributed by atoms with Gasteiger partial charge in [-0.15, -0.1) is 0 Å². The van der Waals surface area contributed by atoms with Crippen molar-refractivity contribution < 1.29 is 13.2 Å². The number of hydrogen-bond donors (Lipinski definition) is 1. The quantitative estimate of drug-likeness (QED) is 0.806. The van der Waals surface area contributed by atoms with Gasteiger partial charge in [-0.25, -0.2) is 8.42 Å². The van der Waals surface area contributed by atoms with E-state index in [0.717, 1.165) is 17.3 Å². The summed E-state index contributed by atoms with van der Waals surface area (Å²) in [5.74, 6) is -0.596. The molecule has 110 valence electrons. The van der Waals surface area contributed by atoms with Crippen LogP contribution >= 0.6 is 31.9 Å². The van der Waals surface area contributed by atoms with Crippen LogP contribution in [0.3, 0.4) is 0 Å². The number of hydrogen-bond acceptors (Lipinski definition) is 3. The molecule has 0 saturated carbocycles. The molecule has 1 heterocycles. The summed E-state index contributed by atoms with van der Waals surface area (Å²) in [6, 6.07) is 4.07. The molecule has 5 nitrogen and oxygen atoms in total. The molecule has 0 aromatic heterocycles. The van der Waals surface area contributed by atoms with Crippen LogP contribution in [0.4, 0.5) is 0 Å². The van der Waals surface area contributed by atoms with E-state index in [-0.39, 0.29) is 4.90 Å². The van der Waals surface area contributed by atoms with E-state index in [1.54, 1.807) is 12.1 Å². The standard InChI is InChI=1S/C12H14Br2N2O3S/c13-8-4-5-11(9(14)7-8)20(18,19)16-6-2-1-3-10(16)12(15)17/h4-5,7,10H,1-3,6H2,(H2,15,17). The number of piperidine rings is 1. The summed E-state index contributed by atoms with van der Waals surface area (Å²) in [4.78, 5) is 11.6. The zero-order chi connectivity index (χ0) is 14.9. The summed E-state index contributed by atoms with van der Waals surface area (Å²) in [5, 5.41) is 0. The van der Waals surface area contributed by atoms with E-state index in [9.17, 15) is 13.2 Å². The van der Waals surface area contributed by atoms with Gasteiger partial charge in [0, 0.05) is 15.5 Å². The van der Waals surface area contributed by atoms with E-state index in [0.29, 0.717) is 17.4 Å². The maximum Gasteiger partial charge on any atom is 0.244 e. The molecule has 0 radical (unpaired) electrons. The van der Waals surface area contributed by atoms with Crippen molar-refractivity contribution in [2.45, 2.75) is 30.2 Å². The Morgan fingerprint density at radius 1 is 1.30 bits per heavy atom. The summed E-state index contributed by atoms with van der Waals surface area (Å²) >= 11 is 6.54. The molecule has 2 N–H and O–H groups in total. The van der Waals surface area contributed by atoms with Gasteiger partial charge in [-0.1, -0.05) is 22.4 Å². The van der Waals surface area contributed by atoms with Crippen molar-refractivity contribution in [2.24, 2.45) is 5.73 Å². The maximum absolute atomic E-state index is 12.7. The first-order valence-corrected chi connectivity index (χ1v) is 9.13. The first-order chi connectivity index (χ1) is 9.34. The molecule has 1 saturated heterocycles. The highest BCUT2D eigenvalue weighted by molar-refractivity contribution is 9.11. The van der Waals surface area contributed by atoms with Crippen LogP contribution in [-0.4, -0.2) is 31.2 Å². The van der Waals surface area contributed by atoms with E-state index in [1.807, 2.05) is 0 Å². The van der Waals surface area contributed by atoms with E-state index < -0.39 is 22.0 Å². The fourth-order valence-corrected chi connectivity index (χ4v) is 5.66. The van der Waals surface area contributed by atoms with Crippen molar-refractivity contribution in [1.29, 1.82) is 0 Å². The molecule has 0 spiro atoms. The Morgan fingerprint density at radius 3 is 2.60 bits per heavy atom. The van der Waals surface area contributed by atoms with E-state index in [1.165, 1.54) is 10.4 Å². The minimum absolute atomic E-state index is 0.147. The molecule has 1 unspecified atom stereocenters. The van der Waals surface area contributed by atoms with E-state index in [2.05, 4.69) is 31.9 Å². The van der Waals surface area contributed by atoms with Gasteiger partial charge in [0.25, 0.3) is 0 Å². The van der Waals surface area contributed by atoms with Crippen LogP contribution in [0.15, 0.2) is 32.0 Å². The zero-order valence-electron chi connectivity index (χ0n) is 10.6. The molecule has 8 heteroatoms. The largest absolute Gasteiger partial charge is 0.368 e. The number of nitrogens with two attached hydrogens (primary N) is 1. The van der Waals surface area contributed by atoms with Gasteiger partial charge in [0.2, 0.25) is 15.9 Å². The first-order valence-electron chi connectivity index (χ1n) is 6.10. The minimum atomic E-state index is -3.74. The van der Waals surface area contributed by atoms with Gasteiger partial charge in [0.15, 0.2) is 0 Å². The molecule has 1 atom stereocenters. The van der Waals surface area contributed by atoms with Crippen molar-refractivity contribution >= 4 is 47.8 Å². The van der Waals surface area contributed by atoms with Crippen molar-refractivity contribution in [3.63, 3.8) is 0 Å². The maximum atomic E-state index is 12.7. The molecule has 0 aliphatic carbocycles. The Balaban J connectivity index is 2.45. The zero-order valence-corrected chi connectivity index (χ0v) is 14.5. The third kappa shape index (κ3) is 3.08. The molecule has 20 heavy (non-hydrogen) atoms. The molecule has 1 amide bonds. The average Bonchev–Trinajstić information content (AvgIpc) is 2.38. The summed E-state index contributed by atoms with van der Waals surface area (Å²) in [6.45, 7) is 0.318. The third-order valence-electron chi connectivity index (χ3n) is 3.26. The second kappa shape index (κ2) is 6.13. The van der Waals surface area contributed by atoms with E-state index >= 15 is 0 Å². The molecule has 1 aliphatic heterocycles. The number of halogens is 2. The van der Waals surface area contributed by atoms with Crippen LogP contribution in [-0.2, 0) is 14.8 Å². The van der Waals surface area contributed by atoms with Crippen LogP contribution in [0.1, 0.15) is 19.3 Å². The van der Waals surface area contributed by atoms with Gasteiger partial charge < -0.3 is 5.73 Å². The fourth-order valence-electron chi connectivity index (χ4n) is 2.29. The Bertz CT molecular complexity index is 634.